The highest BCUT2D eigenvalue weighted by atomic mass is 79.9. The standard InChI is InChI=1S/C12H13BrClN3O/c1-15-6-9-11(17-12(13)16-9)8-5-7(14)3-4-10(8)18-2/h3-5,15H,6H2,1-2H3,(H,16,17). The van der Waals surface area contributed by atoms with Gasteiger partial charge in [0.2, 0.25) is 0 Å². The summed E-state index contributed by atoms with van der Waals surface area (Å²) < 4.78 is 6.03. The molecule has 18 heavy (non-hydrogen) atoms. The fourth-order valence-corrected chi connectivity index (χ4v) is 2.36. The van der Waals surface area contributed by atoms with Gasteiger partial charge in [-0.25, -0.2) is 4.98 Å². The molecule has 2 aromatic rings. The van der Waals surface area contributed by atoms with Crippen molar-refractivity contribution in [2.75, 3.05) is 14.2 Å². The van der Waals surface area contributed by atoms with E-state index < -0.39 is 0 Å². The minimum Gasteiger partial charge on any atom is -0.496 e. The number of H-pyrrole nitrogens is 1. The number of hydrogen-bond acceptors (Lipinski definition) is 3. The highest BCUT2D eigenvalue weighted by Crippen LogP contribution is 2.34. The van der Waals surface area contributed by atoms with Crippen LogP contribution in [0, 0.1) is 0 Å². The van der Waals surface area contributed by atoms with Crippen molar-refractivity contribution < 1.29 is 4.74 Å². The van der Waals surface area contributed by atoms with Gasteiger partial charge < -0.3 is 15.0 Å². The van der Waals surface area contributed by atoms with Gasteiger partial charge in [0, 0.05) is 17.1 Å². The molecule has 2 N–H and O–H groups in total. The van der Waals surface area contributed by atoms with Gasteiger partial charge in [0.15, 0.2) is 4.73 Å². The average Bonchev–Trinajstić information content (AvgIpc) is 2.71. The third-order valence-electron chi connectivity index (χ3n) is 2.52. The molecule has 0 amide bonds. The summed E-state index contributed by atoms with van der Waals surface area (Å²) in [5.74, 6) is 0.746. The van der Waals surface area contributed by atoms with Crippen molar-refractivity contribution in [2.24, 2.45) is 0 Å². The van der Waals surface area contributed by atoms with E-state index in [-0.39, 0.29) is 0 Å². The maximum absolute atomic E-state index is 6.04. The Morgan fingerprint density at radius 1 is 1.50 bits per heavy atom. The lowest BCUT2D eigenvalue weighted by Gasteiger charge is -2.08. The molecule has 0 saturated heterocycles. The molecular formula is C12H13BrClN3O. The van der Waals surface area contributed by atoms with Crippen LogP contribution in [0.5, 0.6) is 5.75 Å². The van der Waals surface area contributed by atoms with Crippen LogP contribution in [0.25, 0.3) is 11.3 Å². The molecule has 0 aliphatic carbocycles. The Balaban J connectivity index is 2.56. The lowest BCUT2D eigenvalue weighted by molar-refractivity contribution is 0.416. The van der Waals surface area contributed by atoms with E-state index in [1.165, 1.54) is 0 Å². The second-order valence-corrected chi connectivity index (χ2v) is 4.92. The summed E-state index contributed by atoms with van der Waals surface area (Å²) >= 11 is 9.39. The summed E-state index contributed by atoms with van der Waals surface area (Å²) in [6, 6.07) is 5.48. The SMILES string of the molecule is CNCc1[nH]c(Br)nc1-c1cc(Cl)ccc1OC. The van der Waals surface area contributed by atoms with Gasteiger partial charge in [0.1, 0.15) is 5.75 Å². The zero-order valence-electron chi connectivity index (χ0n) is 10.1. The van der Waals surface area contributed by atoms with Crippen LogP contribution in [0.1, 0.15) is 5.69 Å². The molecule has 0 bridgehead atoms. The number of aromatic amines is 1. The molecule has 0 unspecified atom stereocenters. The number of methoxy groups -OCH3 is 1. The third-order valence-corrected chi connectivity index (χ3v) is 3.13. The van der Waals surface area contributed by atoms with Crippen molar-refractivity contribution in [3.8, 4) is 17.0 Å². The number of nitrogens with one attached hydrogen (secondary N) is 2. The van der Waals surface area contributed by atoms with Crippen molar-refractivity contribution >= 4 is 27.5 Å². The molecule has 0 fully saturated rings. The van der Waals surface area contributed by atoms with Crippen LogP contribution in [0.4, 0.5) is 0 Å². The van der Waals surface area contributed by atoms with Crippen LogP contribution in [-0.4, -0.2) is 24.1 Å². The Bertz CT molecular complexity index is 556. The van der Waals surface area contributed by atoms with Gasteiger partial charge in [-0.05, 0) is 41.2 Å². The summed E-state index contributed by atoms with van der Waals surface area (Å²) in [6.07, 6.45) is 0. The Kier molecular flexibility index (Phi) is 4.27. The van der Waals surface area contributed by atoms with Crippen LogP contribution in [0.15, 0.2) is 22.9 Å². The van der Waals surface area contributed by atoms with E-state index in [0.29, 0.717) is 16.3 Å². The lowest BCUT2D eigenvalue weighted by Crippen LogP contribution is -2.06. The van der Waals surface area contributed by atoms with E-state index in [9.17, 15) is 0 Å². The number of hydrogen-bond donors (Lipinski definition) is 2. The molecule has 1 aromatic heterocycles. The first-order chi connectivity index (χ1) is 8.65. The van der Waals surface area contributed by atoms with Crippen LogP contribution in [-0.2, 0) is 6.54 Å². The Labute approximate surface area is 119 Å². The fraction of sp³-hybridized carbons (Fsp3) is 0.250. The van der Waals surface area contributed by atoms with Gasteiger partial charge >= 0.3 is 0 Å². The molecule has 96 valence electrons. The maximum Gasteiger partial charge on any atom is 0.175 e. The number of ether oxygens (including phenoxy) is 1. The van der Waals surface area contributed by atoms with E-state index in [2.05, 4.69) is 31.2 Å². The summed E-state index contributed by atoms with van der Waals surface area (Å²) in [4.78, 5) is 7.59. The first-order valence-electron chi connectivity index (χ1n) is 5.38. The number of halogens is 2. The molecule has 1 heterocycles. The minimum absolute atomic E-state index is 0.653. The molecule has 6 heteroatoms. The summed E-state index contributed by atoms with van der Waals surface area (Å²) in [6.45, 7) is 0.684. The Morgan fingerprint density at radius 2 is 2.28 bits per heavy atom. The van der Waals surface area contributed by atoms with Crippen molar-refractivity contribution in [1.82, 2.24) is 15.3 Å². The molecule has 0 radical (unpaired) electrons. The van der Waals surface area contributed by atoms with Crippen molar-refractivity contribution in [3.05, 3.63) is 33.6 Å². The van der Waals surface area contributed by atoms with Gasteiger partial charge in [-0.1, -0.05) is 11.6 Å². The van der Waals surface area contributed by atoms with Crippen molar-refractivity contribution in [3.63, 3.8) is 0 Å². The molecule has 0 aliphatic rings. The number of benzene rings is 1. The maximum atomic E-state index is 6.04. The summed E-state index contributed by atoms with van der Waals surface area (Å²) in [5, 5.41) is 3.75. The van der Waals surface area contributed by atoms with Gasteiger partial charge in [0.05, 0.1) is 18.5 Å². The van der Waals surface area contributed by atoms with Crippen LogP contribution in [0.3, 0.4) is 0 Å². The highest BCUT2D eigenvalue weighted by Gasteiger charge is 2.15. The second kappa shape index (κ2) is 5.73. The van der Waals surface area contributed by atoms with Crippen LogP contribution >= 0.6 is 27.5 Å². The van der Waals surface area contributed by atoms with Gasteiger partial charge in [-0.15, -0.1) is 0 Å². The predicted molar refractivity (Wildman–Crippen MR) is 76.0 cm³/mol. The number of rotatable bonds is 4. The van der Waals surface area contributed by atoms with E-state index in [1.807, 2.05) is 19.2 Å². The molecule has 1 aromatic carbocycles. The van der Waals surface area contributed by atoms with Crippen molar-refractivity contribution in [1.29, 1.82) is 0 Å². The zero-order chi connectivity index (χ0) is 13.1. The molecule has 0 atom stereocenters. The zero-order valence-corrected chi connectivity index (χ0v) is 12.4. The van der Waals surface area contributed by atoms with Gasteiger partial charge in [-0.2, -0.15) is 0 Å². The predicted octanol–water partition coefficient (Wildman–Crippen LogP) is 3.22. The first kappa shape index (κ1) is 13.4. The molecule has 4 nitrogen and oxygen atoms in total. The molecule has 0 saturated carbocycles. The van der Waals surface area contributed by atoms with Crippen LogP contribution in [0.2, 0.25) is 5.02 Å². The average molecular weight is 331 g/mol. The van der Waals surface area contributed by atoms with Crippen LogP contribution < -0.4 is 10.1 Å². The monoisotopic (exact) mass is 329 g/mol. The lowest BCUT2D eigenvalue weighted by atomic mass is 10.1. The Hall–Kier alpha value is -1.04. The molecule has 0 spiro atoms. The largest absolute Gasteiger partial charge is 0.496 e. The normalized spacial score (nSPS) is 10.7. The second-order valence-electron chi connectivity index (χ2n) is 3.73. The first-order valence-corrected chi connectivity index (χ1v) is 6.55. The number of aromatic nitrogens is 2. The third kappa shape index (κ3) is 2.68. The summed E-state index contributed by atoms with van der Waals surface area (Å²) in [7, 11) is 3.51. The number of nitrogens with zero attached hydrogens (tertiary/aromatic N) is 1. The summed E-state index contributed by atoms with van der Waals surface area (Å²) in [5.41, 5.74) is 2.68. The van der Waals surface area contributed by atoms with E-state index in [0.717, 1.165) is 22.7 Å². The molecule has 0 aliphatic heterocycles. The van der Waals surface area contributed by atoms with E-state index >= 15 is 0 Å². The van der Waals surface area contributed by atoms with Gasteiger partial charge in [0.25, 0.3) is 0 Å². The number of imidazole rings is 1. The molecular weight excluding hydrogens is 318 g/mol. The Morgan fingerprint density at radius 3 is 2.94 bits per heavy atom. The highest BCUT2D eigenvalue weighted by molar-refractivity contribution is 9.10. The van der Waals surface area contributed by atoms with Gasteiger partial charge in [-0.3, -0.25) is 0 Å². The topological polar surface area (TPSA) is 49.9 Å². The van der Waals surface area contributed by atoms with E-state index in [4.69, 9.17) is 16.3 Å². The molecule has 2 rings (SSSR count). The quantitative estimate of drug-likeness (QED) is 0.905. The minimum atomic E-state index is 0.653. The smallest absolute Gasteiger partial charge is 0.175 e. The van der Waals surface area contributed by atoms with Crippen molar-refractivity contribution in [2.45, 2.75) is 6.54 Å². The van der Waals surface area contributed by atoms with E-state index in [1.54, 1.807) is 13.2 Å². The fourth-order valence-electron chi connectivity index (χ4n) is 1.77.